The van der Waals surface area contributed by atoms with Crippen molar-refractivity contribution in [3.05, 3.63) is 52.6 Å². The summed E-state index contributed by atoms with van der Waals surface area (Å²) in [5.41, 5.74) is 1.41. The predicted octanol–water partition coefficient (Wildman–Crippen LogP) is 2.97. The lowest BCUT2D eigenvalue weighted by atomic mass is 9.46. The molecule has 38 heavy (non-hydrogen) atoms. The van der Waals surface area contributed by atoms with E-state index in [9.17, 15) is 24.0 Å². The van der Waals surface area contributed by atoms with Crippen LogP contribution in [-0.4, -0.2) is 59.8 Å². The van der Waals surface area contributed by atoms with E-state index in [4.69, 9.17) is 14.6 Å². The third-order valence-electron chi connectivity index (χ3n) is 9.10. The Labute approximate surface area is 220 Å². The van der Waals surface area contributed by atoms with Gasteiger partial charge in [-0.05, 0) is 61.4 Å². The van der Waals surface area contributed by atoms with E-state index < -0.39 is 52.9 Å². The topological polar surface area (TPSA) is 127 Å². The highest BCUT2D eigenvalue weighted by Crippen LogP contribution is 2.63. The first-order chi connectivity index (χ1) is 18.1. The van der Waals surface area contributed by atoms with Crippen molar-refractivity contribution >= 4 is 29.5 Å². The van der Waals surface area contributed by atoms with Crippen LogP contribution in [0, 0.1) is 29.1 Å². The van der Waals surface area contributed by atoms with Crippen molar-refractivity contribution in [2.45, 2.75) is 39.5 Å². The molecule has 1 N–H and O–H groups in total. The fourth-order valence-corrected chi connectivity index (χ4v) is 7.15. The van der Waals surface area contributed by atoms with Gasteiger partial charge in [0.15, 0.2) is 11.6 Å². The minimum Gasteiger partial charge on any atom is -0.491 e. The Morgan fingerprint density at radius 2 is 1.74 bits per heavy atom. The third-order valence-corrected chi connectivity index (χ3v) is 9.10. The molecule has 1 aliphatic heterocycles. The van der Waals surface area contributed by atoms with Gasteiger partial charge in [-0.2, -0.15) is 4.90 Å². The average Bonchev–Trinajstić information content (AvgIpc) is 3.18. The minimum atomic E-state index is -1.09. The number of likely N-dealkylation sites (tertiary alicyclic amines) is 1. The number of hydrogen-bond acceptors (Lipinski definition) is 8. The maximum absolute atomic E-state index is 13.9. The summed E-state index contributed by atoms with van der Waals surface area (Å²) in [6, 6.07) is 7.20. The van der Waals surface area contributed by atoms with Crippen molar-refractivity contribution in [3.63, 3.8) is 0 Å². The number of ketones is 2. The number of imide groups is 3. The Morgan fingerprint density at radius 1 is 1.05 bits per heavy atom. The molecule has 9 nitrogen and oxygen atoms in total. The second kappa shape index (κ2) is 9.31. The summed E-state index contributed by atoms with van der Waals surface area (Å²) in [5, 5.41) is 9.07. The van der Waals surface area contributed by atoms with Gasteiger partial charge >= 0.3 is 6.09 Å². The largest absolute Gasteiger partial charge is 0.491 e. The Bertz CT molecular complexity index is 1310. The summed E-state index contributed by atoms with van der Waals surface area (Å²) < 4.78 is 10.2. The first kappa shape index (κ1) is 26.0. The molecule has 1 heterocycles. The van der Waals surface area contributed by atoms with Crippen LogP contribution in [0.4, 0.5) is 4.79 Å². The Hall–Kier alpha value is -3.59. The van der Waals surface area contributed by atoms with Crippen LogP contribution in [0.2, 0.25) is 0 Å². The zero-order valence-electron chi connectivity index (χ0n) is 21.9. The maximum Gasteiger partial charge on any atom is 0.423 e. The van der Waals surface area contributed by atoms with Crippen molar-refractivity contribution in [1.82, 2.24) is 4.90 Å². The fraction of sp³-hybridized carbons (Fsp3) is 0.483. The second-order valence-corrected chi connectivity index (χ2v) is 10.7. The lowest BCUT2D eigenvalue weighted by molar-refractivity contribution is -0.142. The first-order valence-electron chi connectivity index (χ1n) is 12.8. The molecule has 0 spiro atoms. The number of rotatable bonds is 4. The lowest BCUT2D eigenvalue weighted by Crippen LogP contribution is -2.55. The number of methoxy groups -OCH3 is 1. The zero-order valence-corrected chi connectivity index (χ0v) is 21.9. The van der Waals surface area contributed by atoms with Crippen molar-refractivity contribution in [2.24, 2.45) is 29.1 Å². The summed E-state index contributed by atoms with van der Waals surface area (Å²) in [4.78, 5) is 67.1. The monoisotopic (exact) mass is 521 g/mol. The molecule has 3 aliphatic carbocycles. The van der Waals surface area contributed by atoms with Crippen LogP contribution in [0.1, 0.15) is 45.1 Å². The van der Waals surface area contributed by atoms with Gasteiger partial charge < -0.3 is 14.6 Å². The highest BCUT2D eigenvalue weighted by atomic mass is 16.5. The molecular formula is C29H31NO8. The molecule has 2 fully saturated rings. The quantitative estimate of drug-likeness (QED) is 0.473. The number of carbonyl (C=O) groups excluding carboxylic acids is 5. The van der Waals surface area contributed by atoms with Gasteiger partial charge in [0.1, 0.15) is 12.4 Å². The van der Waals surface area contributed by atoms with Gasteiger partial charge in [0.05, 0.1) is 31.0 Å². The van der Waals surface area contributed by atoms with E-state index in [2.05, 4.69) is 0 Å². The molecule has 4 aliphatic rings. The molecule has 9 heteroatoms. The fourth-order valence-electron chi connectivity index (χ4n) is 7.15. The van der Waals surface area contributed by atoms with Crippen LogP contribution in [0.5, 0.6) is 5.75 Å². The van der Waals surface area contributed by atoms with Crippen LogP contribution in [0.15, 0.2) is 47.1 Å². The molecule has 1 aromatic carbocycles. The number of aliphatic hydroxyl groups excluding tert-OH is 1. The highest BCUT2D eigenvalue weighted by Gasteiger charge is 2.64. The molecule has 0 aromatic heterocycles. The Kier molecular flexibility index (Phi) is 6.38. The molecule has 6 atom stereocenters. The molecule has 0 unspecified atom stereocenters. The number of amides is 3. The molecule has 5 rings (SSSR count). The van der Waals surface area contributed by atoms with Crippen LogP contribution in [0.25, 0.3) is 0 Å². The number of aliphatic hydroxyl groups is 1. The van der Waals surface area contributed by atoms with Gasteiger partial charge in [0.2, 0.25) is 11.8 Å². The Morgan fingerprint density at radius 3 is 2.37 bits per heavy atom. The third kappa shape index (κ3) is 3.51. The first-order valence-corrected chi connectivity index (χ1v) is 12.8. The van der Waals surface area contributed by atoms with Crippen molar-refractivity contribution in [1.29, 1.82) is 0 Å². The normalized spacial score (nSPS) is 32.5. The molecule has 1 saturated carbocycles. The molecule has 0 bridgehead atoms. The zero-order chi connectivity index (χ0) is 27.5. The summed E-state index contributed by atoms with van der Waals surface area (Å²) in [7, 11) is 1.12. The lowest BCUT2D eigenvalue weighted by Gasteiger charge is -2.54. The van der Waals surface area contributed by atoms with Gasteiger partial charge in [0, 0.05) is 11.8 Å². The van der Waals surface area contributed by atoms with Crippen LogP contribution >= 0.6 is 0 Å². The van der Waals surface area contributed by atoms with Crippen molar-refractivity contribution in [3.8, 4) is 5.75 Å². The predicted molar refractivity (Wildman–Crippen MR) is 134 cm³/mol. The van der Waals surface area contributed by atoms with E-state index in [0.717, 1.165) is 18.2 Å². The molecule has 1 aromatic rings. The van der Waals surface area contributed by atoms with E-state index in [1.54, 1.807) is 26.0 Å². The van der Waals surface area contributed by atoms with E-state index in [-0.39, 0.29) is 37.6 Å². The average molecular weight is 522 g/mol. The summed E-state index contributed by atoms with van der Waals surface area (Å²) in [5.74, 6) is -4.10. The summed E-state index contributed by atoms with van der Waals surface area (Å²) in [6.07, 6.45) is 1.41. The Balaban J connectivity index is 1.65. The number of nitrogens with zero attached hydrogens (tertiary/aromatic N) is 1. The highest BCUT2D eigenvalue weighted by molar-refractivity contribution is 6.17. The number of fused-ring (bicyclic) bond motifs is 4. The molecule has 200 valence electrons. The molecule has 0 radical (unpaired) electrons. The van der Waals surface area contributed by atoms with E-state index >= 15 is 0 Å². The van der Waals surface area contributed by atoms with E-state index in [1.807, 2.05) is 25.1 Å². The van der Waals surface area contributed by atoms with Crippen LogP contribution in [0.3, 0.4) is 0 Å². The molecule has 1 saturated heterocycles. The summed E-state index contributed by atoms with van der Waals surface area (Å²) in [6.45, 7) is 5.20. The van der Waals surface area contributed by atoms with Crippen LogP contribution < -0.4 is 4.74 Å². The maximum atomic E-state index is 13.9. The van der Waals surface area contributed by atoms with Crippen molar-refractivity contribution < 1.29 is 38.6 Å². The summed E-state index contributed by atoms with van der Waals surface area (Å²) >= 11 is 0. The number of carbonyl (C=O) groups is 5. The van der Waals surface area contributed by atoms with Crippen LogP contribution in [-0.2, 0) is 23.9 Å². The van der Waals surface area contributed by atoms with Gasteiger partial charge in [0.25, 0.3) is 0 Å². The molecule has 3 amide bonds. The number of Topliss-reactive ketones (excluding diaryl/α,β-unsaturated/α-hetero) is 2. The molecular weight excluding hydrogens is 490 g/mol. The second-order valence-electron chi connectivity index (χ2n) is 10.7. The number of benzene rings is 1. The van der Waals surface area contributed by atoms with Gasteiger partial charge in [-0.25, -0.2) is 4.79 Å². The van der Waals surface area contributed by atoms with E-state index in [0.29, 0.717) is 21.8 Å². The number of ether oxygens (including phenoxy) is 2. The smallest absolute Gasteiger partial charge is 0.423 e. The van der Waals surface area contributed by atoms with Gasteiger partial charge in [-0.15, -0.1) is 0 Å². The number of allylic oxidation sites excluding steroid dienone is 4. The number of hydrogen-bond donors (Lipinski definition) is 1. The minimum absolute atomic E-state index is 0.100. The van der Waals surface area contributed by atoms with Crippen molar-refractivity contribution in [2.75, 3.05) is 20.3 Å². The van der Waals surface area contributed by atoms with Gasteiger partial charge in [-0.3, -0.25) is 19.2 Å². The van der Waals surface area contributed by atoms with E-state index in [1.165, 1.54) is 0 Å². The standard InChI is InChI=1S/C29H31NO8/c1-14-15(2)25(33)29(3)21(24(14)32)13-20-18(23(29)16-5-7-17(8-6-16)38-12-11-31)9-10-19-22(20)27(35)30(26(19)34)28(36)37-4/h5-9,19-23,31H,10-13H2,1-4H3/t19-,20+,21-,22-,23-,29+/m0/s1. The SMILES string of the molecule is COC(=O)N1C(=O)[C@H]2[C@H](CC=C3[C@H]2C[C@H]2C(=O)C(C)=C(C)C(=O)[C@@]2(C)[C@H]3c2ccc(OCCO)cc2)C1=O. The van der Waals surface area contributed by atoms with Gasteiger partial charge in [-0.1, -0.05) is 30.7 Å².